The number of halogens is 1. The molecule has 1 amide bonds. The molecule has 29 heavy (non-hydrogen) atoms. The Hall–Kier alpha value is -1.81. The van der Waals surface area contributed by atoms with E-state index in [2.05, 4.69) is 15.9 Å². The van der Waals surface area contributed by atoms with Crippen molar-refractivity contribution < 1.29 is 29.0 Å². The van der Waals surface area contributed by atoms with E-state index in [1.54, 1.807) is 11.0 Å². The number of hydrogen-bond donors (Lipinski definition) is 2. The number of rotatable bonds is 8. The van der Waals surface area contributed by atoms with Crippen molar-refractivity contribution in [2.24, 2.45) is 5.92 Å². The molecule has 3 rings (SSSR count). The first-order chi connectivity index (χ1) is 13.8. The van der Waals surface area contributed by atoms with E-state index in [9.17, 15) is 14.7 Å². The van der Waals surface area contributed by atoms with E-state index in [0.717, 1.165) is 11.3 Å². The van der Waals surface area contributed by atoms with Crippen LogP contribution in [0.2, 0.25) is 0 Å². The van der Waals surface area contributed by atoms with Crippen LogP contribution in [-0.4, -0.2) is 38.2 Å². The number of anilines is 1. The molecule has 1 aliphatic rings. The van der Waals surface area contributed by atoms with Gasteiger partial charge in [0.05, 0.1) is 12.7 Å². The van der Waals surface area contributed by atoms with Gasteiger partial charge in [0.1, 0.15) is 21.9 Å². The summed E-state index contributed by atoms with van der Waals surface area (Å²) in [5.74, 6) is -0.842. The second kappa shape index (κ2) is 9.34. The average Bonchev–Trinajstić information content (AvgIpc) is 3.27. The van der Waals surface area contributed by atoms with Gasteiger partial charge in [-0.25, -0.2) is 4.79 Å². The fourth-order valence-electron chi connectivity index (χ4n) is 2.96. The molecule has 3 unspecified atom stereocenters. The van der Waals surface area contributed by atoms with Gasteiger partial charge in [-0.2, -0.15) is 0 Å². The van der Waals surface area contributed by atoms with E-state index in [1.807, 2.05) is 38.1 Å². The van der Waals surface area contributed by atoms with Crippen LogP contribution in [0.4, 0.5) is 5.69 Å². The molecule has 7 nitrogen and oxygen atoms in total. The van der Waals surface area contributed by atoms with Gasteiger partial charge in [-0.1, -0.05) is 41.9 Å². The number of thioether (sulfide) groups is 1. The van der Waals surface area contributed by atoms with Crippen molar-refractivity contribution in [1.82, 2.24) is 0 Å². The van der Waals surface area contributed by atoms with E-state index < -0.39 is 12.1 Å². The molecule has 0 radical (unpaired) electrons. The molecule has 2 aromatic rings. The topological polar surface area (TPSA) is 100 Å². The lowest BCUT2D eigenvalue weighted by molar-refractivity contribution is -0.116. The number of alkyl halides is 1. The van der Waals surface area contributed by atoms with Crippen LogP contribution in [0.3, 0.4) is 0 Å². The van der Waals surface area contributed by atoms with Crippen LogP contribution in [-0.2, 0) is 16.1 Å². The molecule has 2 heterocycles. The molecular weight excluding hydrogens is 462 g/mol. The third kappa shape index (κ3) is 5.03. The average molecular weight is 484 g/mol. The Morgan fingerprint density at radius 1 is 1.28 bits per heavy atom. The smallest absolute Gasteiger partial charge is 0.371 e. The van der Waals surface area contributed by atoms with Crippen LogP contribution in [0.15, 0.2) is 40.8 Å². The van der Waals surface area contributed by atoms with Crippen LogP contribution in [0.5, 0.6) is 0 Å². The number of aromatic carboxylic acids is 1. The van der Waals surface area contributed by atoms with Crippen LogP contribution < -0.4 is 4.90 Å². The molecule has 156 valence electrons. The van der Waals surface area contributed by atoms with Crippen LogP contribution in [0, 0.1) is 5.92 Å². The maximum absolute atomic E-state index is 12.6. The van der Waals surface area contributed by atoms with Crippen molar-refractivity contribution in [3.63, 3.8) is 0 Å². The summed E-state index contributed by atoms with van der Waals surface area (Å²) in [5.41, 5.74) is 1.53. The number of carboxylic acid groups (broad SMARTS) is 1. The minimum atomic E-state index is -1.13. The first kappa shape index (κ1) is 21.9. The number of furan rings is 1. The Morgan fingerprint density at radius 2 is 1.97 bits per heavy atom. The number of carbonyl (C=O) groups excluding carboxylic acids is 1. The Kier molecular flexibility index (Phi) is 7.05. The van der Waals surface area contributed by atoms with Gasteiger partial charge in [0.15, 0.2) is 0 Å². The van der Waals surface area contributed by atoms with Crippen LogP contribution in [0.25, 0.3) is 0 Å². The molecule has 1 aromatic heterocycles. The Balaban J connectivity index is 1.66. The fraction of sp³-hybridized carbons (Fsp3) is 0.400. The lowest BCUT2D eigenvalue weighted by Gasteiger charge is -2.24. The first-order valence-electron chi connectivity index (χ1n) is 9.08. The molecule has 3 atom stereocenters. The summed E-state index contributed by atoms with van der Waals surface area (Å²) < 4.78 is 10.5. The van der Waals surface area contributed by atoms with E-state index in [0.29, 0.717) is 5.76 Å². The third-order valence-electron chi connectivity index (χ3n) is 4.52. The Morgan fingerprint density at radius 3 is 2.55 bits per heavy atom. The van der Waals surface area contributed by atoms with E-state index in [-0.39, 0.29) is 40.3 Å². The number of ether oxygens (including phenoxy) is 1. The highest BCUT2D eigenvalue weighted by Gasteiger charge is 2.40. The predicted molar refractivity (Wildman–Crippen MR) is 113 cm³/mol. The largest absolute Gasteiger partial charge is 0.475 e. The van der Waals surface area contributed by atoms with E-state index in [4.69, 9.17) is 14.3 Å². The number of aliphatic hydroxyl groups excluding tert-OH is 1. The number of nitrogens with zero attached hydrogens (tertiary/aromatic N) is 1. The number of aliphatic hydroxyl groups is 1. The van der Waals surface area contributed by atoms with Crippen molar-refractivity contribution in [2.45, 2.75) is 36.1 Å². The zero-order valence-electron chi connectivity index (χ0n) is 15.9. The quantitative estimate of drug-likeness (QED) is 0.546. The van der Waals surface area contributed by atoms with Gasteiger partial charge in [-0.05, 0) is 35.7 Å². The molecule has 1 fully saturated rings. The number of amides is 1. The maximum Gasteiger partial charge on any atom is 0.371 e. The second-order valence-corrected chi connectivity index (χ2v) is 9.79. The second-order valence-electron chi connectivity index (χ2n) is 6.98. The molecule has 9 heteroatoms. The van der Waals surface area contributed by atoms with Gasteiger partial charge >= 0.3 is 5.97 Å². The van der Waals surface area contributed by atoms with Gasteiger partial charge in [0.2, 0.25) is 5.76 Å². The maximum atomic E-state index is 12.6. The van der Waals surface area contributed by atoms with E-state index in [1.165, 1.54) is 17.8 Å². The first-order valence-corrected chi connectivity index (χ1v) is 10.9. The molecule has 2 N–H and O–H groups in total. The normalized spacial score (nSPS) is 20.4. The van der Waals surface area contributed by atoms with Gasteiger partial charge < -0.3 is 19.4 Å². The van der Waals surface area contributed by atoms with Crippen LogP contribution >= 0.6 is 27.7 Å². The lowest BCUT2D eigenvalue weighted by Crippen LogP contribution is -2.36. The highest BCUT2D eigenvalue weighted by Crippen LogP contribution is 2.39. The molecular formula is C20H22BrNO6S. The van der Waals surface area contributed by atoms with Crippen molar-refractivity contribution in [3.05, 3.63) is 53.5 Å². The SMILES string of the molecule is CC(C)C(O)c1ccc(N2C(=O)C(Br)SC2COCc2ccc(C(=O)O)o2)cc1. The molecule has 1 aliphatic heterocycles. The van der Waals surface area contributed by atoms with Gasteiger partial charge in [0.25, 0.3) is 5.91 Å². The highest BCUT2D eigenvalue weighted by molar-refractivity contribution is 9.11. The van der Waals surface area contributed by atoms with Crippen molar-refractivity contribution in [2.75, 3.05) is 11.5 Å². The third-order valence-corrected chi connectivity index (χ3v) is 6.66. The molecule has 0 spiro atoms. The van der Waals surface area contributed by atoms with Crippen molar-refractivity contribution >= 4 is 45.3 Å². The summed E-state index contributed by atoms with van der Waals surface area (Å²) in [6.07, 6.45) is -0.556. The molecule has 1 aromatic carbocycles. The highest BCUT2D eigenvalue weighted by atomic mass is 79.9. The van der Waals surface area contributed by atoms with Gasteiger partial charge in [-0.15, -0.1) is 11.8 Å². The summed E-state index contributed by atoms with van der Waals surface area (Å²) in [4.78, 5) is 25.2. The minimum absolute atomic E-state index is 0.0769. The zero-order chi connectivity index (χ0) is 21.1. The molecule has 0 aliphatic carbocycles. The Labute approximate surface area is 181 Å². The molecule has 0 saturated carbocycles. The monoisotopic (exact) mass is 483 g/mol. The van der Waals surface area contributed by atoms with E-state index >= 15 is 0 Å². The number of carbonyl (C=O) groups is 2. The van der Waals surface area contributed by atoms with Crippen molar-refractivity contribution in [1.29, 1.82) is 0 Å². The van der Waals surface area contributed by atoms with Crippen LogP contribution in [0.1, 0.15) is 41.8 Å². The minimum Gasteiger partial charge on any atom is -0.475 e. The molecule has 0 bridgehead atoms. The van der Waals surface area contributed by atoms with Gasteiger partial charge in [0, 0.05) is 5.69 Å². The zero-order valence-corrected chi connectivity index (χ0v) is 18.4. The number of carboxylic acids is 1. The van der Waals surface area contributed by atoms with Crippen molar-refractivity contribution in [3.8, 4) is 0 Å². The summed E-state index contributed by atoms with van der Waals surface area (Å²) in [5, 5.41) is 18.9. The summed E-state index contributed by atoms with van der Waals surface area (Å²) >= 11 is 4.82. The summed E-state index contributed by atoms with van der Waals surface area (Å²) in [6.45, 7) is 4.25. The fourth-order valence-corrected chi connectivity index (χ4v) is 4.96. The number of hydrogen-bond acceptors (Lipinski definition) is 6. The summed E-state index contributed by atoms with van der Waals surface area (Å²) in [7, 11) is 0. The summed E-state index contributed by atoms with van der Waals surface area (Å²) in [6, 6.07) is 10.2. The standard InChI is InChI=1S/C20H22BrNO6S/c1-11(2)17(23)12-3-5-13(6-4-12)22-16(29-18(21)19(22)24)10-27-9-14-7-8-15(28-14)20(25)26/h3-8,11,16-18,23H,9-10H2,1-2H3,(H,25,26). The number of benzene rings is 1. The van der Waals surface area contributed by atoms with Gasteiger partial charge in [-0.3, -0.25) is 9.69 Å². The predicted octanol–water partition coefficient (Wildman–Crippen LogP) is 4.01. The molecule has 1 saturated heterocycles. The lowest BCUT2D eigenvalue weighted by atomic mass is 9.99. The Bertz CT molecular complexity index is 868.